The van der Waals surface area contributed by atoms with Crippen LogP contribution >= 0.6 is 0 Å². The summed E-state index contributed by atoms with van der Waals surface area (Å²) in [7, 11) is 0. The lowest BCUT2D eigenvalue weighted by Crippen LogP contribution is -2.57. The fraction of sp³-hybridized carbons (Fsp3) is 0.581. The van der Waals surface area contributed by atoms with Crippen molar-refractivity contribution in [2.45, 2.75) is 75.7 Å². The minimum absolute atomic E-state index is 0.169. The number of benzene rings is 1. The summed E-state index contributed by atoms with van der Waals surface area (Å²) in [6.45, 7) is 12.1. The molecule has 1 aromatic carbocycles. The number of carbonyl (C=O) groups is 3. The van der Waals surface area contributed by atoms with Crippen molar-refractivity contribution in [3.63, 3.8) is 0 Å². The molecule has 3 saturated heterocycles. The number of hydrogen-bond donors (Lipinski definition) is 1. The van der Waals surface area contributed by atoms with Crippen molar-refractivity contribution in [2.75, 3.05) is 26.3 Å². The number of aliphatic hydroxyl groups excluding tert-OH is 1. The average molecular weight is 539 g/mol. The summed E-state index contributed by atoms with van der Waals surface area (Å²) in [5, 5.41) is 10.6. The lowest BCUT2D eigenvalue weighted by Gasteiger charge is -2.39. The van der Waals surface area contributed by atoms with E-state index < -0.39 is 41.1 Å². The first-order valence-corrected chi connectivity index (χ1v) is 14.1. The number of rotatable bonds is 14. The number of carbonyl (C=O) groups excluding carboxylic acids is 3. The number of amides is 2. The van der Waals surface area contributed by atoms with Crippen molar-refractivity contribution in [1.82, 2.24) is 9.80 Å². The van der Waals surface area contributed by atoms with E-state index in [9.17, 15) is 19.5 Å². The Bertz CT molecular complexity index is 1080. The van der Waals surface area contributed by atoms with Gasteiger partial charge in [0.05, 0.1) is 30.8 Å². The number of aliphatic hydroxyl groups is 1. The zero-order chi connectivity index (χ0) is 28.2. The minimum Gasteiger partial charge on any atom is -0.465 e. The van der Waals surface area contributed by atoms with Gasteiger partial charge in [-0.3, -0.25) is 14.4 Å². The fourth-order valence-corrected chi connectivity index (χ4v) is 6.87. The Morgan fingerprint density at radius 2 is 1.97 bits per heavy atom. The third kappa shape index (κ3) is 5.05. The van der Waals surface area contributed by atoms with Gasteiger partial charge in [0.2, 0.25) is 11.8 Å². The molecule has 3 heterocycles. The van der Waals surface area contributed by atoms with E-state index in [2.05, 4.69) is 20.1 Å². The van der Waals surface area contributed by atoms with Crippen molar-refractivity contribution in [3.8, 4) is 0 Å². The van der Waals surface area contributed by atoms with Crippen LogP contribution in [0.15, 0.2) is 55.6 Å². The second-order valence-corrected chi connectivity index (χ2v) is 11.1. The number of likely N-dealkylation sites (tertiary alicyclic amines) is 1. The van der Waals surface area contributed by atoms with Crippen LogP contribution in [0.25, 0.3) is 0 Å². The monoisotopic (exact) mass is 538 g/mol. The maximum Gasteiger partial charge on any atom is 0.312 e. The van der Waals surface area contributed by atoms with E-state index in [1.807, 2.05) is 37.3 Å². The molecule has 1 N–H and O–H groups in total. The van der Waals surface area contributed by atoms with Crippen molar-refractivity contribution in [1.29, 1.82) is 0 Å². The summed E-state index contributed by atoms with van der Waals surface area (Å²) >= 11 is 0. The Labute approximate surface area is 231 Å². The van der Waals surface area contributed by atoms with E-state index in [-0.39, 0.29) is 25.0 Å². The average Bonchev–Trinajstić information content (AvgIpc) is 3.50. The van der Waals surface area contributed by atoms with Gasteiger partial charge in [0.15, 0.2) is 0 Å². The zero-order valence-electron chi connectivity index (χ0n) is 23.2. The molecule has 3 aliphatic rings. The molecule has 6 atom stereocenters. The van der Waals surface area contributed by atoms with Crippen LogP contribution in [0, 0.1) is 11.8 Å². The predicted molar refractivity (Wildman–Crippen MR) is 147 cm³/mol. The molecule has 1 spiro atoms. The molecular formula is C31H42N2O6. The van der Waals surface area contributed by atoms with Gasteiger partial charge >= 0.3 is 5.97 Å². The molecule has 0 aromatic heterocycles. The van der Waals surface area contributed by atoms with Gasteiger partial charge in [-0.15, -0.1) is 13.2 Å². The molecule has 8 heteroatoms. The van der Waals surface area contributed by atoms with Gasteiger partial charge < -0.3 is 24.4 Å². The lowest BCUT2D eigenvalue weighted by molar-refractivity contribution is -0.162. The van der Waals surface area contributed by atoms with Crippen molar-refractivity contribution in [3.05, 3.63) is 61.2 Å². The zero-order valence-corrected chi connectivity index (χ0v) is 23.2. The highest BCUT2D eigenvalue weighted by Crippen LogP contribution is 2.64. The van der Waals surface area contributed by atoms with Crippen LogP contribution in [0.4, 0.5) is 0 Å². The molecule has 39 heavy (non-hydrogen) atoms. The Morgan fingerprint density at radius 3 is 2.62 bits per heavy atom. The molecule has 1 aromatic rings. The molecule has 8 nitrogen and oxygen atoms in total. The maximum absolute atomic E-state index is 14.4. The SMILES string of the molecule is C=CCCOC(=O)[C@H]1[C@H]2C(=O)N([C@H](CO)c3ccccc3)C(C(=O)N(CC=C)CCCCC)C23CC[C@]1(C)O3. The van der Waals surface area contributed by atoms with E-state index >= 15 is 0 Å². The normalized spacial score (nSPS) is 29.7. The molecule has 2 unspecified atom stereocenters. The minimum atomic E-state index is -1.18. The van der Waals surface area contributed by atoms with E-state index in [0.29, 0.717) is 32.4 Å². The Kier molecular flexibility index (Phi) is 8.96. The second kappa shape index (κ2) is 12.0. The number of esters is 1. The molecule has 3 aliphatic heterocycles. The molecular weight excluding hydrogens is 496 g/mol. The highest BCUT2D eigenvalue weighted by molar-refractivity contribution is 5.98. The number of ether oxygens (including phenoxy) is 2. The number of nitrogens with zero attached hydrogens (tertiary/aromatic N) is 2. The Morgan fingerprint density at radius 1 is 1.23 bits per heavy atom. The molecule has 0 saturated carbocycles. The van der Waals surface area contributed by atoms with Gasteiger partial charge in [0.1, 0.15) is 17.6 Å². The summed E-state index contributed by atoms with van der Waals surface area (Å²) in [5.41, 5.74) is -1.38. The highest BCUT2D eigenvalue weighted by atomic mass is 16.6. The number of unbranched alkanes of at least 4 members (excludes halogenated alkanes) is 2. The van der Waals surface area contributed by atoms with E-state index in [4.69, 9.17) is 9.47 Å². The van der Waals surface area contributed by atoms with E-state index in [1.165, 1.54) is 4.90 Å². The topological polar surface area (TPSA) is 96.4 Å². The van der Waals surface area contributed by atoms with Gasteiger partial charge in [-0.25, -0.2) is 0 Å². The molecule has 3 fully saturated rings. The standard InChI is InChI=1S/C31H42N2O6/c1-5-8-13-19-32(18-7-3)28(36)26-31-17-16-30(4,39-31)25(29(37)38-20-9-6-2)24(31)27(35)33(26)23(21-34)22-14-11-10-12-15-22/h6-7,10-12,14-15,23-26,34H,2-3,5,8-9,13,16-21H2,1,4H3/t23-,24+,25-,26?,30+,31?/m1/s1. The third-order valence-corrected chi connectivity index (χ3v) is 8.65. The lowest BCUT2D eigenvalue weighted by atomic mass is 9.66. The van der Waals surface area contributed by atoms with Gasteiger partial charge in [-0.2, -0.15) is 0 Å². The quantitative estimate of drug-likeness (QED) is 0.220. The largest absolute Gasteiger partial charge is 0.465 e. The van der Waals surface area contributed by atoms with Gasteiger partial charge in [-0.1, -0.05) is 62.2 Å². The van der Waals surface area contributed by atoms with Crippen LogP contribution in [-0.4, -0.2) is 76.2 Å². The van der Waals surface area contributed by atoms with Crippen LogP contribution in [0.1, 0.15) is 64.0 Å². The molecule has 4 rings (SSSR count). The highest BCUT2D eigenvalue weighted by Gasteiger charge is 2.79. The molecule has 212 valence electrons. The van der Waals surface area contributed by atoms with Crippen LogP contribution < -0.4 is 0 Å². The van der Waals surface area contributed by atoms with E-state index in [0.717, 1.165) is 24.8 Å². The number of fused-ring (bicyclic) bond motifs is 1. The van der Waals surface area contributed by atoms with Gasteiger partial charge in [-0.05, 0) is 38.2 Å². The van der Waals surface area contributed by atoms with Crippen LogP contribution in [0.3, 0.4) is 0 Å². The first kappa shape index (κ1) is 29.0. The molecule has 0 radical (unpaired) electrons. The predicted octanol–water partition coefficient (Wildman–Crippen LogP) is 3.81. The second-order valence-electron chi connectivity index (χ2n) is 11.1. The van der Waals surface area contributed by atoms with Crippen LogP contribution in [-0.2, 0) is 23.9 Å². The summed E-state index contributed by atoms with van der Waals surface area (Å²) in [6.07, 6.45) is 7.66. The molecule has 2 amide bonds. The van der Waals surface area contributed by atoms with Crippen molar-refractivity contribution < 1.29 is 29.0 Å². The summed E-state index contributed by atoms with van der Waals surface area (Å²) in [6, 6.07) is 7.47. The number of hydrogen-bond acceptors (Lipinski definition) is 6. The van der Waals surface area contributed by atoms with Gasteiger partial charge in [0.25, 0.3) is 0 Å². The first-order valence-electron chi connectivity index (χ1n) is 14.1. The van der Waals surface area contributed by atoms with Crippen LogP contribution in [0.5, 0.6) is 0 Å². The smallest absolute Gasteiger partial charge is 0.312 e. The van der Waals surface area contributed by atoms with Crippen molar-refractivity contribution in [2.24, 2.45) is 11.8 Å². The fourth-order valence-electron chi connectivity index (χ4n) is 6.87. The summed E-state index contributed by atoms with van der Waals surface area (Å²) in [4.78, 5) is 45.5. The van der Waals surface area contributed by atoms with Gasteiger partial charge in [0, 0.05) is 13.1 Å². The summed E-state index contributed by atoms with van der Waals surface area (Å²) in [5.74, 6) is -2.79. The first-order chi connectivity index (χ1) is 18.8. The van der Waals surface area contributed by atoms with Crippen molar-refractivity contribution >= 4 is 17.8 Å². The third-order valence-electron chi connectivity index (χ3n) is 8.65. The summed E-state index contributed by atoms with van der Waals surface area (Å²) < 4.78 is 12.3. The Balaban J connectivity index is 1.79. The maximum atomic E-state index is 14.4. The molecule has 2 bridgehead atoms. The Hall–Kier alpha value is -2.97. The van der Waals surface area contributed by atoms with Crippen LogP contribution in [0.2, 0.25) is 0 Å². The van der Waals surface area contributed by atoms with E-state index in [1.54, 1.807) is 17.1 Å². The molecule has 0 aliphatic carbocycles.